The molecule has 7 heteroatoms. The van der Waals surface area contributed by atoms with Gasteiger partial charge in [-0.05, 0) is 82.9 Å². The summed E-state index contributed by atoms with van der Waals surface area (Å²) in [5.74, 6) is -0.409. The zero-order valence-corrected chi connectivity index (χ0v) is 21.5. The van der Waals surface area contributed by atoms with Gasteiger partial charge in [0.05, 0.1) is 25.7 Å². The summed E-state index contributed by atoms with van der Waals surface area (Å²) in [6.07, 6.45) is 1.46. The number of nitrogens with one attached hydrogen (secondary N) is 1. The molecule has 0 fully saturated rings. The van der Waals surface area contributed by atoms with E-state index in [4.69, 9.17) is 14.2 Å². The lowest BCUT2D eigenvalue weighted by Gasteiger charge is -2.25. The lowest BCUT2D eigenvalue weighted by atomic mass is 9.92. The number of aryl methyl sites for hydroxylation is 2. The van der Waals surface area contributed by atoms with Crippen LogP contribution in [0.1, 0.15) is 63.3 Å². The van der Waals surface area contributed by atoms with Crippen molar-refractivity contribution in [1.82, 2.24) is 5.32 Å². The SMILES string of the molecule is C=CCCOc1cccc(C)c1-c1cc(C)c(F)c([C@H](CC(=O)OCC)NC(=O)OC(C)(C)C)c1. The first kappa shape index (κ1) is 27.9. The molecule has 6 nitrogen and oxygen atoms in total. The van der Waals surface area contributed by atoms with Crippen LogP contribution in [0.4, 0.5) is 9.18 Å². The van der Waals surface area contributed by atoms with Gasteiger partial charge in [-0.3, -0.25) is 4.79 Å². The Bertz CT molecular complexity index is 1060. The highest BCUT2D eigenvalue weighted by molar-refractivity contribution is 5.77. The second kappa shape index (κ2) is 12.4. The Balaban J connectivity index is 2.57. The van der Waals surface area contributed by atoms with E-state index in [-0.39, 0.29) is 18.6 Å². The molecule has 1 amide bonds. The number of benzene rings is 2. The number of hydrogen-bond acceptors (Lipinski definition) is 5. The van der Waals surface area contributed by atoms with Gasteiger partial charge in [0, 0.05) is 11.1 Å². The van der Waals surface area contributed by atoms with Crippen LogP contribution in [-0.4, -0.2) is 30.9 Å². The molecule has 0 aliphatic heterocycles. The fraction of sp³-hybridized carbons (Fsp3) is 0.429. The maximum Gasteiger partial charge on any atom is 0.408 e. The van der Waals surface area contributed by atoms with Gasteiger partial charge in [0.15, 0.2) is 0 Å². The minimum Gasteiger partial charge on any atom is -0.493 e. The van der Waals surface area contributed by atoms with E-state index in [0.29, 0.717) is 29.9 Å². The second-order valence-corrected chi connectivity index (χ2v) is 9.28. The maximum absolute atomic E-state index is 15.4. The van der Waals surface area contributed by atoms with Gasteiger partial charge in [0.25, 0.3) is 0 Å². The van der Waals surface area contributed by atoms with Gasteiger partial charge in [0.1, 0.15) is 17.2 Å². The van der Waals surface area contributed by atoms with Crippen LogP contribution in [-0.2, 0) is 14.3 Å². The molecular formula is C28H36FNO5. The standard InChI is InChI=1S/C28H36FNO5/c1-8-10-14-34-23-13-11-12-18(3)25(23)20-15-19(4)26(29)21(16-20)22(17-24(31)33-9-2)30-27(32)35-28(5,6)7/h8,11-13,15-16,22H,1,9-10,14,17H2,2-7H3,(H,30,32)/t22-/m0/s1. The molecule has 2 aromatic rings. The molecule has 0 aromatic heterocycles. The smallest absolute Gasteiger partial charge is 0.408 e. The van der Waals surface area contributed by atoms with E-state index in [9.17, 15) is 9.59 Å². The first-order valence-electron chi connectivity index (χ1n) is 11.8. The van der Waals surface area contributed by atoms with Crippen LogP contribution in [0.3, 0.4) is 0 Å². The topological polar surface area (TPSA) is 73.9 Å². The van der Waals surface area contributed by atoms with Crippen molar-refractivity contribution in [3.05, 3.63) is 65.5 Å². The summed E-state index contributed by atoms with van der Waals surface area (Å²) in [6, 6.07) is 8.09. The molecule has 2 aromatic carbocycles. The fourth-order valence-electron chi connectivity index (χ4n) is 3.65. The normalized spacial score (nSPS) is 12.0. The molecule has 35 heavy (non-hydrogen) atoms. The summed E-state index contributed by atoms with van der Waals surface area (Å²) in [4.78, 5) is 24.9. The molecular weight excluding hydrogens is 449 g/mol. The third kappa shape index (κ3) is 8.12. The van der Waals surface area contributed by atoms with Crippen molar-refractivity contribution in [3.63, 3.8) is 0 Å². The van der Waals surface area contributed by atoms with Gasteiger partial charge in [-0.1, -0.05) is 18.2 Å². The Morgan fingerprint density at radius 1 is 1.17 bits per heavy atom. The minimum absolute atomic E-state index is 0.166. The van der Waals surface area contributed by atoms with E-state index in [1.807, 2.05) is 25.1 Å². The lowest BCUT2D eigenvalue weighted by Crippen LogP contribution is -2.36. The van der Waals surface area contributed by atoms with E-state index >= 15 is 4.39 Å². The average molecular weight is 486 g/mol. The number of ether oxygens (including phenoxy) is 3. The Labute approximate surface area is 207 Å². The summed E-state index contributed by atoms with van der Waals surface area (Å²) in [5, 5.41) is 2.65. The number of esters is 1. The molecule has 1 atom stereocenters. The molecule has 0 radical (unpaired) electrons. The maximum atomic E-state index is 15.4. The van der Waals surface area contributed by atoms with Gasteiger partial charge >= 0.3 is 12.1 Å². The van der Waals surface area contributed by atoms with Crippen LogP contribution in [0, 0.1) is 19.7 Å². The highest BCUT2D eigenvalue weighted by Gasteiger charge is 2.27. The Hall–Kier alpha value is -3.35. The summed E-state index contributed by atoms with van der Waals surface area (Å²) in [5.41, 5.74) is 2.25. The summed E-state index contributed by atoms with van der Waals surface area (Å²) < 4.78 is 31.8. The predicted molar refractivity (Wildman–Crippen MR) is 135 cm³/mol. The van der Waals surface area contributed by atoms with Gasteiger partial charge in [-0.2, -0.15) is 0 Å². The van der Waals surface area contributed by atoms with Crippen molar-refractivity contribution in [3.8, 4) is 16.9 Å². The summed E-state index contributed by atoms with van der Waals surface area (Å²) in [7, 11) is 0. The van der Waals surface area contributed by atoms with Gasteiger partial charge < -0.3 is 19.5 Å². The van der Waals surface area contributed by atoms with E-state index in [2.05, 4.69) is 11.9 Å². The number of hydrogen-bond donors (Lipinski definition) is 1. The third-order valence-electron chi connectivity index (χ3n) is 5.13. The van der Waals surface area contributed by atoms with Crippen molar-refractivity contribution in [2.24, 2.45) is 0 Å². The van der Waals surface area contributed by atoms with Crippen LogP contribution in [0.5, 0.6) is 5.75 Å². The zero-order valence-electron chi connectivity index (χ0n) is 21.5. The first-order valence-corrected chi connectivity index (χ1v) is 11.8. The van der Waals surface area contributed by atoms with Crippen LogP contribution in [0.2, 0.25) is 0 Å². The first-order chi connectivity index (χ1) is 16.5. The third-order valence-corrected chi connectivity index (χ3v) is 5.13. The molecule has 1 N–H and O–H groups in total. The molecule has 0 aliphatic carbocycles. The number of amides is 1. The van der Waals surface area contributed by atoms with Crippen LogP contribution in [0.15, 0.2) is 43.0 Å². The molecule has 2 rings (SSSR count). The molecule has 0 bridgehead atoms. The summed E-state index contributed by atoms with van der Waals surface area (Å²) >= 11 is 0. The number of halogens is 1. The molecule has 0 saturated heterocycles. The molecule has 190 valence electrons. The van der Waals surface area contributed by atoms with Gasteiger partial charge in [0.2, 0.25) is 0 Å². The fourth-order valence-corrected chi connectivity index (χ4v) is 3.65. The predicted octanol–water partition coefficient (Wildman–Crippen LogP) is 6.58. The Morgan fingerprint density at radius 3 is 2.51 bits per heavy atom. The Kier molecular flexibility index (Phi) is 9.87. The number of carbonyl (C=O) groups excluding carboxylic acids is 2. The zero-order chi connectivity index (χ0) is 26.2. The molecule has 0 heterocycles. The van der Waals surface area contributed by atoms with E-state index < -0.39 is 29.5 Å². The van der Waals surface area contributed by atoms with Crippen molar-refractivity contribution >= 4 is 12.1 Å². The van der Waals surface area contributed by atoms with Crippen LogP contribution in [0.25, 0.3) is 11.1 Å². The summed E-state index contributed by atoms with van der Waals surface area (Å²) in [6.45, 7) is 14.8. The van der Waals surface area contributed by atoms with Crippen molar-refractivity contribution in [2.75, 3.05) is 13.2 Å². The number of carbonyl (C=O) groups is 2. The second-order valence-electron chi connectivity index (χ2n) is 9.28. The monoisotopic (exact) mass is 485 g/mol. The van der Waals surface area contributed by atoms with Crippen molar-refractivity contribution in [2.45, 2.75) is 66.0 Å². The highest BCUT2D eigenvalue weighted by Crippen LogP contribution is 2.37. The number of rotatable bonds is 10. The molecule has 0 saturated carbocycles. The van der Waals surface area contributed by atoms with Gasteiger partial charge in [-0.15, -0.1) is 6.58 Å². The molecule has 0 aliphatic rings. The van der Waals surface area contributed by atoms with Crippen LogP contribution >= 0.6 is 0 Å². The molecule has 0 unspecified atom stereocenters. The minimum atomic E-state index is -0.989. The van der Waals surface area contributed by atoms with E-state index in [1.54, 1.807) is 52.8 Å². The number of alkyl carbamates (subject to hydrolysis) is 1. The quantitative estimate of drug-likeness (QED) is 0.234. The van der Waals surface area contributed by atoms with E-state index in [1.165, 1.54) is 0 Å². The van der Waals surface area contributed by atoms with E-state index in [0.717, 1.165) is 11.1 Å². The Morgan fingerprint density at radius 2 is 1.89 bits per heavy atom. The average Bonchev–Trinajstić information content (AvgIpc) is 2.74. The lowest BCUT2D eigenvalue weighted by molar-refractivity contribution is -0.143. The largest absolute Gasteiger partial charge is 0.493 e. The highest BCUT2D eigenvalue weighted by atomic mass is 19.1. The van der Waals surface area contributed by atoms with Gasteiger partial charge in [-0.25, -0.2) is 9.18 Å². The van der Waals surface area contributed by atoms with Crippen LogP contribution < -0.4 is 10.1 Å². The molecule has 0 spiro atoms. The van der Waals surface area contributed by atoms with Crippen molar-refractivity contribution in [1.29, 1.82) is 0 Å². The van der Waals surface area contributed by atoms with Crippen molar-refractivity contribution < 1.29 is 28.2 Å².